The Kier molecular flexibility index (Phi) is 3.79. The summed E-state index contributed by atoms with van der Waals surface area (Å²) in [5, 5.41) is 6.40. The summed E-state index contributed by atoms with van der Waals surface area (Å²) in [6.45, 7) is 5.65. The van der Waals surface area contributed by atoms with Crippen molar-refractivity contribution in [2.45, 2.75) is 26.3 Å². The number of hydrogen-bond donors (Lipinski definition) is 3. The lowest BCUT2D eigenvalue weighted by Gasteiger charge is -2.20. The maximum atomic E-state index is 12.1. The highest BCUT2D eigenvalue weighted by atomic mass is 16.2. The Morgan fingerprint density at radius 3 is 2.65 bits per heavy atom. The Morgan fingerprint density at radius 2 is 1.95 bits per heavy atom. The van der Waals surface area contributed by atoms with Gasteiger partial charge < -0.3 is 15.6 Å². The molecule has 0 bridgehead atoms. The van der Waals surface area contributed by atoms with Gasteiger partial charge in [0.15, 0.2) is 0 Å². The first-order chi connectivity index (χ1) is 9.37. The Balaban J connectivity index is 2.02. The summed E-state index contributed by atoms with van der Waals surface area (Å²) < 4.78 is 0. The number of amides is 2. The van der Waals surface area contributed by atoms with E-state index < -0.39 is 0 Å². The van der Waals surface area contributed by atoms with Gasteiger partial charge in [0, 0.05) is 17.1 Å². The minimum absolute atomic E-state index is 0.0345. The van der Waals surface area contributed by atoms with E-state index in [0.29, 0.717) is 5.56 Å². The predicted molar refractivity (Wildman–Crippen MR) is 78.5 cm³/mol. The molecule has 0 saturated carbocycles. The molecule has 0 aliphatic carbocycles. The highest BCUT2D eigenvalue weighted by molar-refractivity contribution is 6.06. The highest BCUT2D eigenvalue weighted by Crippen LogP contribution is 2.16. The number of H-pyrrole nitrogens is 1. The number of rotatable bonds is 3. The normalized spacial score (nSPS) is 11.3. The van der Waals surface area contributed by atoms with Crippen LogP contribution in [0.1, 0.15) is 31.1 Å². The van der Waals surface area contributed by atoms with Crippen molar-refractivity contribution in [1.29, 1.82) is 0 Å². The van der Waals surface area contributed by atoms with Crippen molar-refractivity contribution in [3.63, 3.8) is 0 Å². The Morgan fingerprint density at radius 1 is 1.20 bits per heavy atom. The molecule has 106 valence electrons. The van der Waals surface area contributed by atoms with E-state index in [1.54, 1.807) is 12.3 Å². The Bertz CT molecular complexity index is 638. The van der Waals surface area contributed by atoms with Gasteiger partial charge in [0.05, 0.1) is 17.6 Å². The third-order valence-corrected chi connectivity index (χ3v) is 2.76. The van der Waals surface area contributed by atoms with Crippen molar-refractivity contribution >= 4 is 22.7 Å². The van der Waals surface area contributed by atoms with Crippen molar-refractivity contribution in [2.75, 3.05) is 6.54 Å². The molecule has 1 aromatic carbocycles. The summed E-state index contributed by atoms with van der Waals surface area (Å²) in [6, 6.07) is 7.38. The van der Waals surface area contributed by atoms with Gasteiger partial charge in [0.2, 0.25) is 5.91 Å². The average molecular weight is 273 g/mol. The second-order valence-electron chi connectivity index (χ2n) is 5.73. The lowest BCUT2D eigenvalue weighted by atomic mass is 10.1. The Hall–Kier alpha value is -2.30. The Labute approximate surface area is 117 Å². The molecular weight excluding hydrogens is 254 g/mol. The molecule has 0 spiro atoms. The molecule has 5 nitrogen and oxygen atoms in total. The maximum absolute atomic E-state index is 12.1. The largest absolute Gasteiger partial charge is 0.361 e. The van der Waals surface area contributed by atoms with Gasteiger partial charge in [-0.05, 0) is 32.9 Å². The van der Waals surface area contributed by atoms with Crippen LogP contribution in [0.25, 0.3) is 10.9 Å². The highest BCUT2D eigenvalue weighted by Gasteiger charge is 2.15. The number of aromatic amines is 1. The van der Waals surface area contributed by atoms with Gasteiger partial charge in [-0.15, -0.1) is 0 Å². The summed E-state index contributed by atoms with van der Waals surface area (Å²) in [6.07, 6.45) is 1.79. The number of hydrogen-bond acceptors (Lipinski definition) is 2. The molecule has 2 rings (SSSR count). The zero-order valence-corrected chi connectivity index (χ0v) is 11.9. The van der Waals surface area contributed by atoms with E-state index in [0.717, 1.165) is 10.9 Å². The number of aromatic nitrogens is 1. The lowest BCUT2D eigenvalue weighted by Crippen LogP contribution is -2.45. The van der Waals surface area contributed by atoms with Crippen molar-refractivity contribution in [3.05, 3.63) is 36.0 Å². The number of nitrogens with one attached hydrogen (secondary N) is 3. The van der Waals surface area contributed by atoms with Crippen LogP contribution in [-0.4, -0.2) is 28.9 Å². The van der Waals surface area contributed by atoms with E-state index in [2.05, 4.69) is 15.6 Å². The molecule has 20 heavy (non-hydrogen) atoms. The van der Waals surface area contributed by atoms with Gasteiger partial charge in [-0.2, -0.15) is 0 Å². The fourth-order valence-electron chi connectivity index (χ4n) is 1.99. The molecular formula is C15H19N3O2. The van der Waals surface area contributed by atoms with Gasteiger partial charge >= 0.3 is 0 Å². The zero-order chi connectivity index (χ0) is 14.8. The minimum Gasteiger partial charge on any atom is -0.361 e. The van der Waals surface area contributed by atoms with Crippen LogP contribution in [0.2, 0.25) is 0 Å². The van der Waals surface area contributed by atoms with Crippen LogP contribution in [0.3, 0.4) is 0 Å². The molecule has 3 N–H and O–H groups in total. The maximum Gasteiger partial charge on any atom is 0.253 e. The molecule has 0 saturated heterocycles. The van der Waals surface area contributed by atoms with E-state index in [4.69, 9.17) is 0 Å². The van der Waals surface area contributed by atoms with Crippen molar-refractivity contribution in [2.24, 2.45) is 0 Å². The van der Waals surface area contributed by atoms with Crippen molar-refractivity contribution in [1.82, 2.24) is 15.6 Å². The molecule has 0 aliphatic heterocycles. The van der Waals surface area contributed by atoms with E-state index >= 15 is 0 Å². The topological polar surface area (TPSA) is 74.0 Å². The SMILES string of the molecule is CC(C)(C)NC(=O)CNC(=O)c1cccc2cc[nH]c12. The first-order valence-corrected chi connectivity index (χ1v) is 6.52. The van der Waals surface area contributed by atoms with Gasteiger partial charge in [0.25, 0.3) is 5.91 Å². The minimum atomic E-state index is -0.304. The fraction of sp³-hybridized carbons (Fsp3) is 0.333. The number of para-hydroxylation sites is 1. The number of benzene rings is 1. The smallest absolute Gasteiger partial charge is 0.253 e. The monoisotopic (exact) mass is 273 g/mol. The van der Waals surface area contributed by atoms with Crippen molar-refractivity contribution < 1.29 is 9.59 Å². The molecule has 0 unspecified atom stereocenters. The predicted octanol–water partition coefficient (Wildman–Crippen LogP) is 1.81. The molecule has 0 aliphatic rings. The first-order valence-electron chi connectivity index (χ1n) is 6.52. The molecule has 1 heterocycles. The molecule has 0 atom stereocenters. The van der Waals surface area contributed by atoms with Crippen LogP contribution in [-0.2, 0) is 4.79 Å². The summed E-state index contributed by atoms with van der Waals surface area (Å²) in [4.78, 5) is 26.8. The molecule has 2 aromatic rings. The van der Waals surface area contributed by atoms with Crippen LogP contribution in [0.5, 0.6) is 0 Å². The number of carbonyl (C=O) groups excluding carboxylic acids is 2. The summed E-state index contributed by atoms with van der Waals surface area (Å²) >= 11 is 0. The van der Waals surface area contributed by atoms with E-state index in [1.165, 1.54) is 0 Å². The number of carbonyl (C=O) groups is 2. The van der Waals surface area contributed by atoms with Gasteiger partial charge in [-0.25, -0.2) is 0 Å². The van der Waals surface area contributed by atoms with Crippen LogP contribution >= 0.6 is 0 Å². The lowest BCUT2D eigenvalue weighted by molar-refractivity contribution is -0.121. The van der Waals surface area contributed by atoms with E-state index in [-0.39, 0.29) is 23.9 Å². The molecule has 1 aromatic heterocycles. The third kappa shape index (κ3) is 3.38. The van der Waals surface area contributed by atoms with E-state index in [1.807, 2.05) is 39.0 Å². The fourth-order valence-corrected chi connectivity index (χ4v) is 1.99. The molecule has 0 fully saturated rings. The second-order valence-corrected chi connectivity index (χ2v) is 5.73. The third-order valence-electron chi connectivity index (χ3n) is 2.76. The molecule has 5 heteroatoms. The molecule has 2 amide bonds. The van der Waals surface area contributed by atoms with Crippen LogP contribution < -0.4 is 10.6 Å². The summed E-state index contributed by atoms with van der Waals surface area (Å²) in [5.74, 6) is -0.466. The summed E-state index contributed by atoms with van der Waals surface area (Å²) in [7, 11) is 0. The quantitative estimate of drug-likeness (QED) is 0.798. The van der Waals surface area contributed by atoms with Crippen LogP contribution in [0.4, 0.5) is 0 Å². The first kappa shape index (κ1) is 14.1. The van der Waals surface area contributed by atoms with Gasteiger partial charge in [-0.3, -0.25) is 9.59 Å². The summed E-state index contributed by atoms with van der Waals surface area (Å²) in [5.41, 5.74) is 1.01. The van der Waals surface area contributed by atoms with Crippen LogP contribution in [0, 0.1) is 0 Å². The number of fused-ring (bicyclic) bond motifs is 1. The van der Waals surface area contributed by atoms with Gasteiger partial charge in [-0.1, -0.05) is 12.1 Å². The molecule has 0 radical (unpaired) electrons. The standard InChI is InChI=1S/C15H19N3O2/c1-15(2,3)18-12(19)9-17-14(20)11-6-4-5-10-7-8-16-13(10)11/h4-8,16H,9H2,1-3H3,(H,17,20)(H,18,19). The van der Waals surface area contributed by atoms with E-state index in [9.17, 15) is 9.59 Å². The zero-order valence-electron chi connectivity index (χ0n) is 11.9. The van der Waals surface area contributed by atoms with Gasteiger partial charge in [0.1, 0.15) is 0 Å². The second kappa shape index (κ2) is 5.36. The van der Waals surface area contributed by atoms with Crippen LogP contribution in [0.15, 0.2) is 30.5 Å². The average Bonchev–Trinajstić information content (AvgIpc) is 2.81. The van der Waals surface area contributed by atoms with Crippen molar-refractivity contribution in [3.8, 4) is 0 Å².